The molecule has 1 amide bonds. The highest BCUT2D eigenvalue weighted by molar-refractivity contribution is 5.78. The second-order valence-corrected chi connectivity index (χ2v) is 6.55. The first-order valence-corrected chi connectivity index (χ1v) is 8.37. The molecule has 6 nitrogen and oxygen atoms in total. The smallest absolute Gasteiger partial charge is 0.258 e. The lowest BCUT2D eigenvalue weighted by atomic mass is 10.1. The number of hydrogen-bond acceptors (Lipinski definition) is 5. The Balaban J connectivity index is 2.64. The number of hydrogen-bond donors (Lipinski definition) is 3. The molecule has 0 aliphatic rings. The molecule has 0 saturated heterocycles. The molecule has 1 rings (SSSR count). The van der Waals surface area contributed by atoms with Crippen molar-refractivity contribution in [3.63, 3.8) is 0 Å². The van der Waals surface area contributed by atoms with Gasteiger partial charge in [0.25, 0.3) is 5.91 Å². The number of rotatable bonds is 10. The number of aliphatic hydroxyl groups excluding tert-OH is 1. The Morgan fingerprint density at radius 1 is 1.21 bits per heavy atom. The van der Waals surface area contributed by atoms with Crippen molar-refractivity contribution in [1.82, 2.24) is 10.6 Å². The third-order valence-corrected chi connectivity index (χ3v) is 3.02. The molecule has 1 aromatic rings. The number of benzene rings is 1. The van der Waals surface area contributed by atoms with Crippen molar-refractivity contribution >= 4 is 5.91 Å². The van der Waals surface area contributed by atoms with Gasteiger partial charge in [0, 0.05) is 18.7 Å². The van der Waals surface area contributed by atoms with Crippen LogP contribution in [0.4, 0.5) is 0 Å². The van der Waals surface area contributed by atoms with E-state index < -0.39 is 0 Å². The standard InChI is InChI=1S/C18H30N2O4/c1-5-23-16-11-14(12-19-9-6-10-21)7-8-15(16)24-13-17(22)20-18(2,3)4/h7-8,11,19,21H,5-6,9-10,12-13H2,1-4H3,(H,20,22). The largest absolute Gasteiger partial charge is 0.490 e. The van der Waals surface area contributed by atoms with Crippen LogP contribution in [0.5, 0.6) is 11.5 Å². The summed E-state index contributed by atoms with van der Waals surface area (Å²) in [6.45, 7) is 9.77. The first kappa shape index (κ1) is 20.3. The number of nitrogens with one attached hydrogen (secondary N) is 2. The van der Waals surface area contributed by atoms with E-state index in [0.29, 0.717) is 24.7 Å². The molecule has 6 heteroatoms. The van der Waals surface area contributed by atoms with Crippen LogP contribution in [0.25, 0.3) is 0 Å². The van der Waals surface area contributed by atoms with E-state index in [1.54, 1.807) is 0 Å². The van der Waals surface area contributed by atoms with Crippen molar-refractivity contribution in [2.24, 2.45) is 0 Å². The molecule has 0 fully saturated rings. The number of ether oxygens (including phenoxy) is 2. The average molecular weight is 338 g/mol. The van der Waals surface area contributed by atoms with E-state index in [1.807, 2.05) is 45.9 Å². The first-order chi connectivity index (χ1) is 11.4. The molecule has 3 N–H and O–H groups in total. The van der Waals surface area contributed by atoms with Gasteiger partial charge in [0.1, 0.15) is 0 Å². The Hall–Kier alpha value is -1.79. The van der Waals surface area contributed by atoms with Crippen molar-refractivity contribution in [2.75, 3.05) is 26.4 Å². The second-order valence-electron chi connectivity index (χ2n) is 6.55. The summed E-state index contributed by atoms with van der Waals surface area (Å²) < 4.78 is 11.2. The van der Waals surface area contributed by atoms with Gasteiger partial charge in [-0.05, 0) is 58.4 Å². The van der Waals surface area contributed by atoms with Gasteiger partial charge < -0.3 is 25.2 Å². The highest BCUT2D eigenvalue weighted by Crippen LogP contribution is 2.28. The van der Waals surface area contributed by atoms with E-state index in [1.165, 1.54) is 0 Å². The maximum Gasteiger partial charge on any atom is 0.258 e. The lowest BCUT2D eigenvalue weighted by Crippen LogP contribution is -2.43. The van der Waals surface area contributed by atoms with E-state index in [4.69, 9.17) is 14.6 Å². The van der Waals surface area contributed by atoms with Gasteiger partial charge in [0.15, 0.2) is 18.1 Å². The number of aliphatic hydroxyl groups is 1. The number of carbonyl (C=O) groups is 1. The van der Waals surface area contributed by atoms with Gasteiger partial charge in [0.2, 0.25) is 0 Å². The molecule has 0 atom stereocenters. The molecule has 0 heterocycles. The third-order valence-electron chi connectivity index (χ3n) is 3.02. The van der Waals surface area contributed by atoms with E-state index in [9.17, 15) is 4.79 Å². The zero-order chi connectivity index (χ0) is 18.0. The molecule has 0 unspecified atom stereocenters. The highest BCUT2D eigenvalue weighted by Gasteiger charge is 2.15. The molecular formula is C18H30N2O4. The zero-order valence-electron chi connectivity index (χ0n) is 15.1. The Bertz CT molecular complexity index is 512. The van der Waals surface area contributed by atoms with Crippen molar-refractivity contribution in [1.29, 1.82) is 0 Å². The van der Waals surface area contributed by atoms with Crippen LogP contribution in [0, 0.1) is 0 Å². The minimum Gasteiger partial charge on any atom is -0.490 e. The lowest BCUT2D eigenvalue weighted by Gasteiger charge is -2.21. The Labute approximate surface area is 144 Å². The molecule has 0 aromatic heterocycles. The van der Waals surface area contributed by atoms with Crippen LogP contribution in [-0.2, 0) is 11.3 Å². The average Bonchev–Trinajstić information content (AvgIpc) is 2.49. The molecular weight excluding hydrogens is 308 g/mol. The quantitative estimate of drug-likeness (QED) is 0.567. The van der Waals surface area contributed by atoms with Crippen molar-refractivity contribution in [3.05, 3.63) is 23.8 Å². The summed E-state index contributed by atoms with van der Waals surface area (Å²) in [4.78, 5) is 11.9. The predicted octanol–water partition coefficient (Wildman–Crippen LogP) is 1.85. The summed E-state index contributed by atoms with van der Waals surface area (Å²) in [7, 11) is 0. The molecule has 0 saturated carbocycles. The summed E-state index contributed by atoms with van der Waals surface area (Å²) >= 11 is 0. The van der Waals surface area contributed by atoms with E-state index in [-0.39, 0.29) is 24.7 Å². The van der Waals surface area contributed by atoms with Crippen molar-refractivity contribution in [3.8, 4) is 11.5 Å². The van der Waals surface area contributed by atoms with Crippen molar-refractivity contribution in [2.45, 2.75) is 46.2 Å². The summed E-state index contributed by atoms with van der Waals surface area (Å²) in [6.07, 6.45) is 0.725. The van der Waals surface area contributed by atoms with Gasteiger partial charge in [-0.15, -0.1) is 0 Å². The molecule has 0 bridgehead atoms. The Morgan fingerprint density at radius 3 is 2.58 bits per heavy atom. The van der Waals surface area contributed by atoms with Gasteiger partial charge >= 0.3 is 0 Å². The molecule has 0 aliphatic carbocycles. The molecule has 0 spiro atoms. The predicted molar refractivity (Wildman–Crippen MR) is 94.4 cm³/mol. The zero-order valence-corrected chi connectivity index (χ0v) is 15.1. The van der Waals surface area contributed by atoms with Gasteiger partial charge in [-0.2, -0.15) is 0 Å². The van der Waals surface area contributed by atoms with Gasteiger partial charge in [0.05, 0.1) is 6.61 Å². The van der Waals surface area contributed by atoms with Gasteiger partial charge in [-0.25, -0.2) is 0 Å². The van der Waals surface area contributed by atoms with Gasteiger partial charge in [-0.1, -0.05) is 6.07 Å². The van der Waals surface area contributed by atoms with Crippen LogP contribution in [-0.4, -0.2) is 42.9 Å². The molecule has 0 radical (unpaired) electrons. The normalized spacial score (nSPS) is 11.2. The fraction of sp³-hybridized carbons (Fsp3) is 0.611. The van der Waals surface area contributed by atoms with Crippen LogP contribution in [0.2, 0.25) is 0 Å². The van der Waals surface area contributed by atoms with Crippen molar-refractivity contribution < 1.29 is 19.4 Å². The van der Waals surface area contributed by atoms with E-state index >= 15 is 0 Å². The van der Waals surface area contributed by atoms with Crippen LogP contribution in [0.15, 0.2) is 18.2 Å². The third kappa shape index (κ3) is 8.17. The lowest BCUT2D eigenvalue weighted by molar-refractivity contribution is -0.124. The molecule has 136 valence electrons. The molecule has 24 heavy (non-hydrogen) atoms. The fourth-order valence-corrected chi connectivity index (χ4v) is 2.08. The van der Waals surface area contributed by atoms with E-state index in [2.05, 4.69) is 10.6 Å². The van der Waals surface area contributed by atoms with Gasteiger partial charge in [-0.3, -0.25) is 4.79 Å². The molecule has 1 aromatic carbocycles. The summed E-state index contributed by atoms with van der Waals surface area (Å²) in [5.41, 5.74) is 0.774. The van der Waals surface area contributed by atoms with Crippen LogP contribution in [0.3, 0.4) is 0 Å². The summed E-state index contributed by atoms with van der Waals surface area (Å²) in [5.74, 6) is 1.02. The van der Waals surface area contributed by atoms with Crippen LogP contribution >= 0.6 is 0 Å². The summed E-state index contributed by atoms with van der Waals surface area (Å²) in [5, 5.41) is 14.9. The maximum absolute atomic E-state index is 11.9. The topological polar surface area (TPSA) is 79.8 Å². The van der Waals surface area contributed by atoms with Crippen LogP contribution in [0.1, 0.15) is 39.7 Å². The molecule has 0 aliphatic heterocycles. The monoisotopic (exact) mass is 338 g/mol. The fourth-order valence-electron chi connectivity index (χ4n) is 2.08. The number of amides is 1. The Morgan fingerprint density at radius 2 is 1.96 bits per heavy atom. The SMILES string of the molecule is CCOc1cc(CNCCCO)ccc1OCC(=O)NC(C)(C)C. The van der Waals surface area contributed by atoms with Crippen LogP contribution < -0.4 is 20.1 Å². The maximum atomic E-state index is 11.9. The van der Waals surface area contributed by atoms with E-state index in [0.717, 1.165) is 18.5 Å². The first-order valence-electron chi connectivity index (χ1n) is 8.37. The minimum absolute atomic E-state index is 0.0502. The Kier molecular flexibility index (Phi) is 8.57. The minimum atomic E-state index is -0.284. The highest BCUT2D eigenvalue weighted by atomic mass is 16.5. The second kappa shape index (κ2) is 10.2. The number of carbonyl (C=O) groups excluding carboxylic acids is 1. The summed E-state index contributed by atoms with van der Waals surface area (Å²) in [6, 6.07) is 5.66.